The fourth-order valence-corrected chi connectivity index (χ4v) is 20.7. The van der Waals surface area contributed by atoms with E-state index in [1.54, 1.807) is 90.1 Å². The lowest BCUT2D eigenvalue weighted by molar-refractivity contribution is 0.103. The molecule has 0 spiro atoms. The van der Waals surface area contributed by atoms with Crippen LogP contribution in [0.4, 0.5) is 46.3 Å². The number of carbonyl (C=O) groups is 1. The molecule has 3 saturated heterocycles. The number of anilines is 8. The number of benzene rings is 8. The van der Waals surface area contributed by atoms with Crippen LogP contribution >= 0.6 is 0 Å². The predicted molar refractivity (Wildman–Crippen MR) is 531 cm³/mol. The number of nitrogens with one attached hydrogen (secondary N) is 5. The van der Waals surface area contributed by atoms with Gasteiger partial charge >= 0.3 is 0 Å². The standard InChI is InChI=1S/C35H38N6O4S.C35H35N5O3S.C33H38N6O2S/c1-39-18-17-26(23-39)25-13-15-29(16-14-25)37-35-36-22-28-21-31(40(2)30-10-5-4-6-11-30)34(42)41(33(28)38-35)24-27-9-7-8-12-32(27)46(43,44)20-19-45-3;1-23(2)44(43)30-14-8-24(9-15-30)22-40-33-28(20-31(34(40)42)32(41)27-6-4-3-5-7-27)21-37-35(39-33)38-29-12-10-25(11-13-29)26-16-18-36-19-17-26;1-38-18-5-4-9-30(38)29-20-26-21-35-33(36-27-12-10-24(11-13-27)25-14-16-34-17-15-25)37-31(26)39(32(29)40)22-23-7-6-8-28(19-23)42(2,3)41/h4-16,21-22,26H,17-20,23-24H2,1-3H3,(H,36,37,38);3-15,20-21,23,26,36H,16-19,22H2,1-2H3,(H,37,38,39);6-8,10-14,19-21,30,34H,2,4-5,9,15-18,22H2,1,3H3,(H,35,36,37). The molecule has 4 atom stereocenters. The van der Waals surface area contributed by atoms with E-state index in [1.807, 2.05) is 153 Å². The summed E-state index contributed by atoms with van der Waals surface area (Å²) in [5, 5.41) is 18.7. The second kappa shape index (κ2) is 41.7. The Balaban J connectivity index is 0.000000145. The third-order valence-corrected chi connectivity index (χ3v) is 29.5. The minimum Gasteiger partial charge on any atom is -0.384 e. The van der Waals surface area contributed by atoms with Crippen LogP contribution in [-0.4, -0.2) is 180 Å². The molecule has 10 heterocycles. The molecule has 0 amide bonds. The lowest BCUT2D eigenvalue weighted by Crippen LogP contribution is -2.35. The summed E-state index contributed by atoms with van der Waals surface area (Å²) in [6, 6.07) is 70.4. The average molecular weight is 1830 g/mol. The van der Waals surface area contributed by atoms with Crippen LogP contribution in [0.25, 0.3) is 38.7 Å². The molecule has 680 valence electrons. The van der Waals surface area contributed by atoms with E-state index < -0.39 is 35.7 Å². The van der Waals surface area contributed by atoms with E-state index in [9.17, 15) is 36.0 Å². The number of aromatic nitrogens is 9. The summed E-state index contributed by atoms with van der Waals surface area (Å²) in [4.78, 5) is 91.9. The van der Waals surface area contributed by atoms with Crippen molar-refractivity contribution in [3.8, 4) is 0 Å². The summed E-state index contributed by atoms with van der Waals surface area (Å²) < 4.78 is 61.7. The highest BCUT2D eigenvalue weighted by molar-refractivity contribution is 7.99. The van der Waals surface area contributed by atoms with Crippen molar-refractivity contribution in [3.05, 3.63) is 330 Å². The molecule has 6 aromatic heterocycles. The van der Waals surface area contributed by atoms with Crippen molar-refractivity contribution in [2.24, 2.45) is 0 Å². The van der Waals surface area contributed by atoms with Crippen molar-refractivity contribution >= 4 is 127 Å². The minimum absolute atomic E-state index is 0.00326. The largest absolute Gasteiger partial charge is 0.384 e. The van der Waals surface area contributed by atoms with E-state index in [0.717, 1.165) is 140 Å². The number of methoxy groups -OCH3 is 1. The van der Waals surface area contributed by atoms with Crippen LogP contribution < -0.4 is 48.2 Å². The number of piperidine rings is 2. The van der Waals surface area contributed by atoms with Gasteiger partial charge < -0.3 is 41.1 Å². The van der Waals surface area contributed by atoms with Crippen molar-refractivity contribution in [3.63, 3.8) is 0 Å². The number of sulfone groups is 1. The molecule has 0 bridgehead atoms. The Hall–Kier alpha value is -12.8. The van der Waals surface area contributed by atoms with Crippen LogP contribution in [-0.2, 0) is 54.5 Å². The van der Waals surface area contributed by atoms with Crippen LogP contribution in [0.5, 0.6) is 0 Å². The third kappa shape index (κ3) is 22.0. The lowest BCUT2D eigenvalue weighted by Gasteiger charge is -2.32. The second-order valence-corrected chi connectivity index (χ2v) is 41.1. The van der Waals surface area contributed by atoms with E-state index in [-0.39, 0.29) is 64.1 Å². The SMILES string of the molecule is C=S(C)(=O)c1cccc(Cn2c(=O)c(C3CCCCN3C)cc3cnc(Nc4ccc(C5=CCNCC5)cc4)nc32)c1.CC(C)S(=O)c1ccc(Cn2c(=O)c(C(=O)c3ccccc3)cc3cnc(Nc4ccc(C5CCNCC5)cc4)nc32)cc1.COCCS(=O)(=O)c1ccccc1Cn1c(=O)c(N(C)c2ccccc2)cc2cnc(Nc3ccc(C4CCN(C)C4)cc3)nc21. The highest BCUT2D eigenvalue weighted by Crippen LogP contribution is 2.35. The number of fused-ring (bicyclic) bond motifs is 3. The van der Waals surface area contributed by atoms with E-state index in [0.29, 0.717) is 85.6 Å². The lowest BCUT2D eigenvalue weighted by atomic mass is 9.90. The Morgan fingerprint density at radius 1 is 0.583 bits per heavy atom. The van der Waals surface area contributed by atoms with Crippen LogP contribution in [0.1, 0.15) is 132 Å². The van der Waals surface area contributed by atoms with Gasteiger partial charge in [-0.2, -0.15) is 15.0 Å². The van der Waals surface area contributed by atoms with Gasteiger partial charge in [0, 0.05) is 123 Å². The Bertz CT molecular complexity index is 7000. The van der Waals surface area contributed by atoms with Crippen molar-refractivity contribution in [2.45, 2.75) is 116 Å². The monoisotopic (exact) mass is 1830 g/mol. The summed E-state index contributed by atoms with van der Waals surface area (Å²) in [6.07, 6.45) is 16.6. The fraction of sp³-hybridized carbons (Fsp3) is 0.291. The number of hydrogen-bond acceptors (Lipinski definition) is 23. The molecule has 5 N–H and O–H groups in total. The normalized spacial score (nSPS) is 16.3. The molecule has 0 saturated carbocycles. The van der Waals surface area contributed by atoms with Gasteiger partial charge in [-0.05, 0) is 249 Å². The van der Waals surface area contributed by atoms with E-state index >= 15 is 0 Å². The molecule has 0 aliphatic carbocycles. The maximum absolute atomic E-state index is 14.3. The van der Waals surface area contributed by atoms with Gasteiger partial charge in [0.2, 0.25) is 17.8 Å². The molecule has 3 fully saturated rings. The smallest absolute Gasteiger partial charge is 0.276 e. The maximum Gasteiger partial charge on any atom is 0.276 e. The van der Waals surface area contributed by atoms with Gasteiger partial charge in [-0.1, -0.05) is 154 Å². The first-order chi connectivity index (χ1) is 63.9. The Morgan fingerprint density at radius 3 is 1.73 bits per heavy atom. The number of ether oxygens (including phenoxy) is 1. The summed E-state index contributed by atoms with van der Waals surface area (Å²) in [6.45, 7) is 11.5. The minimum atomic E-state index is -3.67. The van der Waals surface area contributed by atoms with E-state index in [4.69, 9.17) is 19.7 Å². The van der Waals surface area contributed by atoms with Gasteiger partial charge in [-0.3, -0.25) is 46.2 Å². The highest BCUT2D eigenvalue weighted by Gasteiger charge is 2.29. The number of rotatable bonds is 27. The highest BCUT2D eigenvalue weighted by atomic mass is 32.2. The predicted octanol–water partition coefficient (Wildman–Crippen LogP) is 15.8. The zero-order valence-electron chi connectivity index (χ0n) is 75.4. The molecule has 26 nitrogen and oxygen atoms in total. The van der Waals surface area contributed by atoms with Gasteiger partial charge in [0.1, 0.15) is 22.6 Å². The summed E-state index contributed by atoms with van der Waals surface area (Å²) in [5.74, 6) is 5.51. The van der Waals surface area contributed by atoms with Crippen molar-refractivity contribution in [2.75, 3.05) is 114 Å². The number of pyridine rings is 3. The van der Waals surface area contributed by atoms with Crippen molar-refractivity contribution in [1.82, 2.24) is 64.0 Å². The molecule has 0 radical (unpaired) electrons. The quantitative estimate of drug-likeness (QED) is 0.0236. The summed E-state index contributed by atoms with van der Waals surface area (Å²) in [7, 11) is 0.353. The molecule has 4 aliphatic heterocycles. The summed E-state index contributed by atoms with van der Waals surface area (Å²) in [5.41, 5.74) is 13.0. The van der Waals surface area contributed by atoms with Crippen LogP contribution in [0.15, 0.2) is 278 Å². The molecule has 8 aromatic carbocycles. The average Bonchev–Trinajstić information content (AvgIpc) is 0.790. The Labute approximate surface area is 772 Å². The van der Waals surface area contributed by atoms with E-state index in [1.165, 1.54) is 38.5 Å². The third-order valence-electron chi connectivity index (χ3n) is 24.8. The first kappa shape index (κ1) is 92.4. The Kier molecular flexibility index (Phi) is 29.2. The van der Waals surface area contributed by atoms with Crippen molar-refractivity contribution in [1.29, 1.82) is 0 Å². The molecular formula is C103H111N17O9S3. The molecule has 132 heavy (non-hydrogen) atoms. The van der Waals surface area contributed by atoms with Gasteiger partial charge in [-0.15, -0.1) is 0 Å². The maximum atomic E-state index is 14.3. The molecule has 14 aromatic rings. The fourth-order valence-electron chi connectivity index (χ4n) is 17.5. The number of ketones is 1. The summed E-state index contributed by atoms with van der Waals surface area (Å²) >= 11 is 0. The molecule has 4 aliphatic rings. The molecule has 18 rings (SSSR count). The van der Waals surface area contributed by atoms with Crippen LogP contribution in [0.3, 0.4) is 0 Å². The van der Waals surface area contributed by atoms with Crippen LogP contribution in [0, 0.1) is 0 Å². The van der Waals surface area contributed by atoms with Gasteiger partial charge in [-0.25, -0.2) is 23.4 Å². The van der Waals surface area contributed by atoms with E-state index in [2.05, 4.69) is 114 Å². The molecular weight excluding hydrogens is 1720 g/mol. The Morgan fingerprint density at radius 2 is 1.15 bits per heavy atom. The van der Waals surface area contributed by atoms with Gasteiger partial charge in [0.25, 0.3) is 16.7 Å². The van der Waals surface area contributed by atoms with Crippen LogP contribution in [0.2, 0.25) is 0 Å². The number of likely N-dealkylation sites (N-methyl/N-ethyl adjacent to an activating group) is 1. The zero-order valence-corrected chi connectivity index (χ0v) is 77.8. The first-order valence-corrected chi connectivity index (χ1v) is 49.8. The molecule has 4 unspecified atom stereocenters. The number of carbonyl (C=O) groups excluding carboxylic acids is 1. The number of likely N-dealkylation sites (tertiary alicyclic amines) is 2. The molecule has 29 heteroatoms. The number of para-hydroxylation sites is 1. The number of hydrogen-bond donors (Lipinski definition) is 5. The first-order valence-electron chi connectivity index (χ1n) is 44.8. The second-order valence-electron chi connectivity index (χ2n) is 34.6. The van der Waals surface area contributed by atoms with Gasteiger partial charge in [0.15, 0.2) is 15.6 Å². The topological polar surface area (TPSA) is 308 Å². The van der Waals surface area contributed by atoms with Crippen molar-refractivity contribution < 1.29 is 26.4 Å². The zero-order chi connectivity index (χ0) is 92.2. The van der Waals surface area contributed by atoms with Gasteiger partial charge in [0.05, 0.1) is 53.3 Å². The number of nitrogens with zero attached hydrogens (tertiary/aromatic N) is 12.